The van der Waals surface area contributed by atoms with Crippen LogP contribution in [0.1, 0.15) is 36.2 Å². The number of methoxy groups -OCH3 is 1. The molecular weight excluding hydrogens is 242 g/mol. The zero-order chi connectivity index (χ0) is 13.2. The van der Waals surface area contributed by atoms with E-state index in [1.165, 1.54) is 11.3 Å². The van der Waals surface area contributed by atoms with E-state index in [0.717, 1.165) is 13.0 Å². The normalized spacial score (nSPS) is 19.6. The van der Waals surface area contributed by atoms with Gasteiger partial charge in [0.15, 0.2) is 5.82 Å². The first-order valence-electron chi connectivity index (χ1n) is 6.46. The second kappa shape index (κ2) is 5.01. The summed E-state index contributed by atoms with van der Waals surface area (Å²) in [5.74, 6) is 1.51. The second-order valence-electron chi connectivity index (χ2n) is 4.81. The van der Waals surface area contributed by atoms with Crippen molar-refractivity contribution in [3.8, 4) is 0 Å². The monoisotopic (exact) mass is 259 g/mol. The van der Waals surface area contributed by atoms with Crippen molar-refractivity contribution in [3.63, 3.8) is 0 Å². The van der Waals surface area contributed by atoms with Gasteiger partial charge in [0.1, 0.15) is 6.10 Å². The Bertz CT molecular complexity index is 567. The first kappa shape index (κ1) is 12.2. The van der Waals surface area contributed by atoms with Gasteiger partial charge in [0.2, 0.25) is 5.89 Å². The van der Waals surface area contributed by atoms with Crippen LogP contribution in [0.5, 0.6) is 0 Å². The molecule has 100 valence electrons. The molecule has 1 aromatic heterocycles. The Labute approximate surface area is 112 Å². The molecule has 2 atom stereocenters. The quantitative estimate of drug-likeness (QED) is 0.917. The molecule has 1 aliphatic heterocycles. The number of para-hydroxylation sites is 1. The van der Waals surface area contributed by atoms with Crippen LogP contribution < -0.4 is 5.32 Å². The number of hydrogen-bond acceptors (Lipinski definition) is 5. The van der Waals surface area contributed by atoms with Gasteiger partial charge >= 0.3 is 0 Å². The average Bonchev–Trinajstić information content (AvgIpc) is 2.95. The van der Waals surface area contributed by atoms with Crippen molar-refractivity contribution >= 4 is 5.69 Å². The molecule has 0 spiro atoms. The predicted octanol–water partition coefficient (Wildman–Crippen LogP) is 2.53. The van der Waals surface area contributed by atoms with Crippen LogP contribution >= 0.6 is 0 Å². The van der Waals surface area contributed by atoms with E-state index in [-0.39, 0.29) is 12.0 Å². The molecule has 3 rings (SSSR count). The Hall–Kier alpha value is -1.88. The fraction of sp³-hybridized carbons (Fsp3) is 0.429. The van der Waals surface area contributed by atoms with Crippen LogP contribution in [-0.4, -0.2) is 23.8 Å². The molecule has 0 saturated heterocycles. The molecule has 0 aliphatic carbocycles. The molecule has 5 nitrogen and oxygen atoms in total. The summed E-state index contributed by atoms with van der Waals surface area (Å²) in [7, 11) is 1.64. The Morgan fingerprint density at radius 2 is 2.26 bits per heavy atom. The number of nitrogens with one attached hydrogen (secondary N) is 1. The van der Waals surface area contributed by atoms with Gasteiger partial charge in [-0.3, -0.25) is 0 Å². The second-order valence-corrected chi connectivity index (χ2v) is 4.81. The highest BCUT2D eigenvalue weighted by atomic mass is 16.5. The lowest BCUT2D eigenvalue weighted by molar-refractivity contribution is 0.109. The summed E-state index contributed by atoms with van der Waals surface area (Å²) < 4.78 is 10.6. The van der Waals surface area contributed by atoms with Gasteiger partial charge in [-0.25, -0.2) is 0 Å². The molecule has 0 amide bonds. The van der Waals surface area contributed by atoms with Gasteiger partial charge in [0.25, 0.3) is 0 Å². The van der Waals surface area contributed by atoms with Crippen molar-refractivity contribution in [1.29, 1.82) is 0 Å². The number of rotatable bonds is 3. The van der Waals surface area contributed by atoms with E-state index in [4.69, 9.17) is 9.26 Å². The molecule has 1 N–H and O–H groups in total. The molecule has 0 bridgehead atoms. The van der Waals surface area contributed by atoms with E-state index >= 15 is 0 Å². The summed E-state index contributed by atoms with van der Waals surface area (Å²) >= 11 is 0. The lowest BCUT2D eigenvalue weighted by Crippen LogP contribution is -2.21. The Morgan fingerprint density at radius 1 is 1.42 bits per heavy atom. The van der Waals surface area contributed by atoms with E-state index in [1.807, 2.05) is 13.0 Å². The summed E-state index contributed by atoms with van der Waals surface area (Å²) in [5.41, 5.74) is 2.49. The Morgan fingerprint density at radius 3 is 3.11 bits per heavy atom. The number of fused-ring (bicyclic) bond motifs is 1. The summed E-state index contributed by atoms with van der Waals surface area (Å²) in [4.78, 5) is 4.43. The van der Waals surface area contributed by atoms with Gasteiger partial charge in [-0.15, -0.1) is 0 Å². The van der Waals surface area contributed by atoms with Crippen molar-refractivity contribution in [2.45, 2.75) is 25.4 Å². The van der Waals surface area contributed by atoms with Gasteiger partial charge < -0.3 is 14.6 Å². The van der Waals surface area contributed by atoms with Crippen LogP contribution in [0.4, 0.5) is 5.69 Å². The highest BCUT2D eigenvalue weighted by Crippen LogP contribution is 2.29. The van der Waals surface area contributed by atoms with Gasteiger partial charge in [-0.05, 0) is 25.0 Å². The number of nitrogens with zero attached hydrogens (tertiary/aromatic N) is 2. The van der Waals surface area contributed by atoms with E-state index in [1.54, 1.807) is 7.11 Å². The average molecular weight is 259 g/mol. The third kappa shape index (κ3) is 2.33. The number of ether oxygens (including phenoxy) is 1. The number of benzene rings is 1. The minimum Gasteiger partial charge on any atom is -0.384 e. The topological polar surface area (TPSA) is 60.2 Å². The fourth-order valence-electron chi connectivity index (χ4n) is 2.30. The van der Waals surface area contributed by atoms with E-state index < -0.39 is 0 Å². The van der Waals surface area contributed by atoms with Gasteiger partial charge in [-0.2, -0.15) is 4.98 Å². The highest BCUT2D eigenvalue weighted by Gasteiger charge is 2.25. The molecule has 2 aromatic rings. The maximum atomic E-state index is 5.36. The number of hydrogen-bond donors (Lipinski definition) is 1. The van der Waals surface area contributed by atoms with Gasteiger partial charge in [0, 0.05) is 19.3 Å². The fourth-order valence-corrected chi connectivity index (χ4v) is 2.30. The third-order valence-corrected chi connectivity index (χ3v) is 3.55. The SMILES string of the molecule is COC(C)c1noc(C2CNc3ccccc3C2)n1. The molecule has 2 heterocycles. The van der Waals surface area contributed by atoms with Crippen LogP contribution in [0.3, 0.4) is 0 Å². The molecule has 0 saturated carbocycles. The van der Waals surface area contributed by atoms with Crippen LogP contribution in [0.15, 0.2) is 28.8 Å². The van der Waals surface area contributed by atoms with E-state index in [2.05, 4.69) is 33.7 Å². The number of aromatic nitrogens is 2. The van der Waals surface area contributed by atoms with Crippen molar-refractivity contribution in [3.05, 3.63) is 41.5 Å². The summed E-state index contributed by atoms with van der Waals surface area (Å²) in [6.45, 7) is 2.73. The Kier molecular flexibility index (Phi) is 3.21. The molecule has 5 heteroatoms. The van der Waals surface area contributed by atoms with Gasteiger partial charge in [0.05, 0.1) is 5.92 Å². The van der Waals surface area contributed by atoms with Gasteiger partial charge in [-0.1, -0.05) is 23.4 Å². The molecular formula is C14H17N3O2. The summed E-state index contributed by atoms with van der Waals surface area (Å²) in [6, 6.07) is 8.31. The molecule has 19 heavy (non-hydrogen) atoms. The van der Waals surface area contributed by atoms with Crippen molar-refractivity contribution < 1.29 is 9.26 Å². The third-order valence-electron chi connectivity index (χ3n) is 3.55. The molecule has 2 unspecified atom stereocenters. The zero-order valence-corrected chi connectivity index (χ0v) is 11.1. The lowest BCUT2D eigenvalue weighted by Gasteiger charge is -2.23. The predicted molar refractivity (Wildman–Crippen MR) is 71.1 cm³/mol. The minimum atomic E-state index is -0.138. The molecule has 0 fully saturated rings. The maximum absolute atomic E-state index is 5.36. The Balaban J connectivity index is 1.79. The molecule has 0 radical (unpaired) electrons. The van der Waals surface area contributed by atoms with Crippen molar-refractivity contribution in [1.82, 2.24) is 10.1 Å². The van der Waals surface area contributed by atoms with Crippen LogP contribution in [0.25, 0.3) is 0 Å². The van der Waals surface area contributed by atoms with Crippen LogP contribution in [0.2, 0.25) is 0 Å². The van der Waals surface area contributed by atoms with Crippen LogP contribution in [0, 0.1) is 0 Å². The largest absolute Gasteiger partial charge is 0.384 e. The standard InChI is InChI=1S/C14H17N3O2/c1-9(18-2)13-16-14(19-17-13)11-7-10-5-3-4-6-12(10)15-8-11/h3-6,9,11,15H,7-8H2,1-2H3. The first-order valence-corrected chi connectivity index (χ1v) is 6.46. The summed E-state index contributed by atoms with van der Waals surface area (Å²) in [5, 5.41) is 7.38. The zero-order valence-electron chi connectivity index (χ0n) is 11.1. The maximum Gasteiger partial charge on any atom is 0.231 e. The van der Waals surface area contributed by atoms with E-state index in [9.17, 15) is 0 Å². The number of anilines is 1. The van der Waals surface area contributed by atoms with Crippen LogP contribution in [-0.2, 0) is 11.2 Å². The summed E-state index contributed by atoms with van der Waals surface area (Å²) in [6.07, 6.45) is 0.785. The van der Waals surface area contributed by atoms with E-state index in [0.29, 0.717) is 11.7 Å². The first-order chi connectivity index (χ1) is 9.28. The minimum absolute atomic E-state index is 0.138. The van der Waals surface area contributed by atoms with Crippen molar-refractivity contribution in [2.24, 2.45) is 0 Å². The smallest absolute Gasteiger partial charge is 0.231 e. The molecule has 1 aliphatic rings. The molecule has 1 aromatic carbocycles. The lowest BCUT2D eigenvalue weighted by atomic mass is 9.94. The highest BCUT2D eigenvalue weighted by molar-refractivity contribution is 5.53. The van der Waals surface area contributed by atoms with Crippen molar-refractivity contribution in [2.75, 3.05) is 19.0 Å².